The van der Waals surface area contributed by atoms with Gasteiger partial charge in [-0.15, -0.1) is 0 Å². The van der Waals surface area contributed by atoms with E-state index in [4.69, 9.17) is 0 Å². The number of carbonyl (C=O) groups excluding carboxylic acids is 8. The zero-order valence-electron chi connectivity index (χ0n) is 21.7. The topological polar surface area (TPSA) is 256 Å². The molecule has 0 bridgehead atoms. The zero-order valence-corrected chi connectivity index (χ0v) is 21.7. The van der Waals surface area contributed by atoms with Crippen molar-refractivity contribution in [1.29, 1.82) is 0 Å². The van der Waals surface area contributed by atoms with Crippen LogP contribution in [0.2, 0.25) is 0 Å². The molecule has 0 saturated carbocycles. The predicted octanol–water partition coefficient (Wildman–Crippen LogP) is -4.92. The molecule has 8 amide bonds. The molecule has 1 heterocycles. The Bertz CT molecular complexity index is 974. The van der Waals surface area contributed by atoms with E-state index in [9.17, 15) is 48.8 Å². The third-order valence-corrected chi connectivity index (χ3v) is 5.33. The van der Waals surface area contributed by atoms with E-state index in [0.717, 1.165) is 13.8 Å². The Hall–Kier alpha value is -4.32. The van der Waals surface area contributed by atoms with E-state index in [0.29, 0.717) is 10.1 Å². The summed E-state index contributed by atoms with van der Waals surface area (Å²) in [5.74, 6) is -6.39. The molecule has 18 nitrogen and oxygen atoms in total. The molecule has 1 rings (SSSR count). The zero-order chi connectivity index (χ0) is 29.7. The van der Waals surface area contributed by atoms with E-state index in [1.807, 2.05) is 0 Å². The summed E-state index contributed by atoms with van der Waals surface area (Å²) < 4.78 is 0. The van der Waals surface area contributed by atoms with Crippen LogP contribution in [0.1, 0.15) is 33.6 Å². The van der Waals surface area contributed by atoms with E-state index < -0.39 is 98.1 Å². The number of nitrogens with one attached hydrogen (secondary N) is 6. The summed E-state index contributed by atoms with van der Waals surface area (Å²) in [7, 11) is 0. The second-order valence-electron chi connectivity index (χ2n) is 8.54. The number of hydrogen-bond acceptors (Lipinski definition) is 10. The summed E-state index contributed by atoms with van der Waals surface area (Å²) in [5, 5.41) is 33.7. The maximum absolute atomic E-state index is 13.0. The minimum Gasteiger partial charge on any atom is -0.346 e. The molecule has 0 spiro atoms. The molecule has 1 fully saturated rings. The van der Waals surface area contributed by atoms with Crippen LogP contribution in [0.25, 0.3) is 0 Å². The monoisotopic (exact) mass is 558 g/mol. The van der Waals surface area contributed by atoms with Crippen LogP contribution < -0.4 is 31.9 Å². The van der Waals surface area contributed by atoms with Crippen LogP contribution in [-0.2, 0) is 38.4 Å². The van der Waals surface area contributed by atoms with Gasteiger partial charge in [0.1, 0.15) is 18.1 Å². The van der Waals surface area contributed by atoms with E-state index in [1.54, 1.807) is 0 Å². The minimum absolute atomic E-state index is 0.301. The van der Waals surface area contributed by atoms with Crippen LogP contribution in [0, 0.1) is 0 Å². The normalized spacial score (nSPS) is 22.0. The van der Waals surface area contributed by atoms with Crippen molar-refractivity contribution in [1.82, 2.24) is 42.0 Å². The fourth-order valence-electron chi connectivity index (χ4n) is 3.08. The lowest BCUT2D eigenvalue weighted by molar-refractivity contribution is -0.164. The SMILES string of the molecule is CC(=O)N(O)CC[C@H]1NC(=O)CNC(=O)C(C)NC(=O)CNC(=O)CNC(=O)[C@@H](CCN(O)C(C)=O)NC1=O. The van der Waals surface area contributed by atoms with Gasteiger partial charge in [0.2, 0.25) is 47.3 Å². The van der Waals surface area contributed by atoms with Crippen molar-refractivity contribution in [3.05, 3.63) is 0 Å². The number of carbonyl (C=O) groups is 8. The Labute approximate surface area is 223 Å². The molecular formula is C21H34N8O10. The van der Waals surface area contributed by atoms with Gasteiger partial charge < -0.3 is 31.9 Å². The highest BCUT2D eigenvalue weighted by atomic mass is 16.5. The highest BCUT2D eigenvalue weighted by Crippen LogP contribution is 2.02. The van der Waals surface area contributed by atoms with Gasteiger partial charge in [-0.3, -0.25) is 48.8 Å². The molecule has 0 radical (unpaired) electrons. The highest BCUT2D eigenvalue weighted by Gasteiger charge is 2.29. The molecule has 1 saturated heterocycles. The molecule has 0 aromatic heterocycles. The lowest BCUT2D eigenvalue weighted by atomic mass is 10.1. The van der Waals surface area contributed by atoms with Crippen LogP contribution >= 0.6 is 0 Å². The maximum atomic E-state index is 13.0. The number of amides is 8. The molecule has 3 atom stereocenters. The smallest absolute Gasteiger partial charge is 0.243 e. The van der Waals surface area contributed by atoms with Crippen molar-refractivity contribution in [3.63, 3.8) is 0 Å². The standard InChI is InChI=1S/C21H34N8O10/c1-11-19(35)23-10-18(34)26-15(5-7-29(39)13(3)31)21(37)27-14(4-6-28(38)12(2)30)20(36)24-8-16(32)22-9-17(33)25-11/h11,14-15,38-39H,4-10H2,1-3H3,(H,22,32)(H,23,35)(H,24,36)(H,25,33)(H,26,34)(H,27,37)/t11?,14-,15-/m1/s1. The Morgan fingerprint density at radius 3 is 1.64 bits per heavy atom. The third-order valence-electron chi connectivity index (χ3n) is 5.33. The summed E-state index contributed by atoms with van der Waals surface area (Å²) in [4.78, 5) is 97.2. The first kappa shape index (κ1) is 32.7. The van der Waals surface area contributed by atoms with Gasteiger partial charge in [0, 0.05) is 13.8 Å². The molecule has 0 aromatic rings. The Morgan fingerprint density at radius 2 is 1.10 bits per heavy atom. The number of hydrogen-bond donors (Lipinski definition) is 8. The lowest BCUT2D eigenvalue weighted by Gasteiger charge is -2.25. The van der Waals surface area contributed by atoms with E-state index in [1.165, 1.54) is 6.92 Å². The van der Waals surface area contributed by atoms with Gasteiger partial charge in [0.25, 0.3) is 0 Å². The van der Waals surface area contributed by atoms with Crippen molar-refractivity contribution < 1.29 is 48.8 Å². The largest absolute Gasteiger partial charge is 0.346 e. The second-order valence-corrected chi connectivity index (χ2v) is 8.54. The lowest BCUT2D eigenvalue weighted by Crippen LogP contribution is -2.57. The Balaban J connectivity index is 3.19. The van der Waals surface area contributed by atoms with E-state index in [-0.39, 0.29) is 12.8 Å². The molecule has 1 aliphatic heterocycles. The quantitative estimate of drug-likeness (QED) is 0.114. The molecule has 1 aliphatic rings. The third kappa shape index (κ3) is 12.2. The molecule has 0 aromatic carbocycles. The minimum atomic E-state index is -1.42. The molecule has 0 aliphatic carbocycles. The summed E-state index contributed by atoms with van der Waals surface area (Å²) in [6.45, 7) is 0.923. The first-order chi connectivity index (χ1) is 18.2. The van der Waals surface area contributed by atoms with Gasteiger partial charge in [0.05, 0.1) is 32.7 Å². The fourth-order valence-corrected chi connectivity index (χ4v) is 3.08. The van der Waals surface area contributed by atoms with Gasteiger partial charge in [0.15, 0.2) is 0 Å². The van der Waals surface area contributed by atoms with Gasteiger partial charge >= 0.3 is 0 Å². The van der Waals surface area contributed by atoms with Gasteiger partial charge in [-0.25, -0.2) is 10.1 Å². The van der Waals surface area contributed by atoms with E-state index in [2.05, 4.69) is 31.9 Å². The van der Waals surface area contributed by atoms with Crippen LogP contribution in [0.15, 0.2) is 0 Å². The van der Waals surface area contributed by atoms with Crippen molar-refractivity contribution in [3.8, 4) is 0 Å². The van der Waals surface area contributed by atoms with E-state index >= 15 is 0 Å². The molecule has 8 N–H and O–H groups in total. The van der Waals surface area contributed by atoms with Crippen LogP contribution in [0.4, 0.5) is 0 Å². The van der Waals surface area contributed by atoms with Crippen molar-refractivity contribution >= 4 is 47.3 Å². The Morgan fingerprint density at radius 1 is 0.667 bits per heavy atom. The first-order valence-corrected chi connectivity index (χ1v) is 11.9. The fraction of sp³-hybridized carbons (Fsp3) is 0.619. The van der Waals surface area contributed by atoms with Crippen molar-refractivity contribution in [2.75, 3.05) is 32.7 Å². The predicted molar refractivity (Wildman–Crippen MR) is 128 cm³/mol. The van der Waals surface area contributed by atoms with Gasteiger partial charge in [-0.2, -0.15) is 0 Å². The Kier molecular flexibility index (Phi) is 13.3. The second kappa shape index (κ2) is 15.8. The summed E-state index contributed by atoms with van der Waals surface area (Å²) in [6, 6.07) is -3.92. The van der Waals surface area contributed by atoms with Crippen molar-refractivity contribution in [2.24, 2.45) is 0 Å². The summed E-state index contributed by atoms with van der Waals surface area (Å²) in [5.41, 5.74) is 0. The summed E-state index contributed by atoms with van der Waals surface area (Å²) in [6.07, 6.45) is -0.629. The molecule has 218 valence electrons. The van der Waals surface area contributed by atoms with Crippen LogP contribution in [-0.4, -0.2) is 119 Å². The molecule has 1 unspecified atom stereocenters. The first-order valence-electron chi connectivity index (χ1n) is 11.9. The molecule has 18 heteroatoms. The van der Waals surface area contributed by atoms with Crippen LogP contribution in [0.3, 0.4) is 0 Å². The maximum Gasteiger partial charge on any atom is 0.243 e. The molecular weight excluding hydrogens is 524 g/mol. The molecule has 39 heavy (non-hydrogen) atoms. The van der Waals surface area contributed by atoms with Crippen molar-refractivity contribution in [2.45, 2.75) is 51.7 Å². The van der Waals surface area contributed by atoms with Crippen LogP contribution in [0.5, 0.6) is 0 Å². The van der Waals surface area contributed by atoms with Gasteiger partial charge in [-0.1, -0.05) is 0 Å². The van der Waals surface area contributed by atoms with Gasteiger partial charge in [-0.05, 0) is 19.8 Å². The average Bonchev–Trinajstić information content (AvgIpc) is 2.87. The average molecular weight is 559 g/mol. The number of hydroxylamine groups is 4. The number of rotatable bonds is 6. The number of nitrogens with zero attached hydrogens (tertiary/aromatic N) is 2. The summed E-state index contributed by atoms with van der Waals surface area (Å²) >= 11 is 0. The highest BCUT2D eigenvalue weighted by molar-refractivity contribution is 5.96.